The van der Waals surface area contributed by atoms with Crippen LogP contribution in [0.5, 0.6) is 0 Å². The minimum atomic E-state index is -0.453. The number of rotatable bonds is 3. The van der Waals surface area contributed by atoms with Crippen LogP contribution in [-0.4, -0.2) is 11.8 Å². The van der Waals surface area contributed by atoms with Crippen LogP contribution in [0.1, 0.15) is 18.1 Å². The summed E-state index contributed by atoms with van der Waals surface area (Å²) >= 11 is 11.9. The van der Waals surface area contributed by atoms with Gasteiger partial charge < -0.3 is 0 Å². The van der Waals surface area contributed by atoms with Crippen LogP contribution in [0.2, 0.25) is 10.0 Å². The maximum atomic E-state index is 12.5. The highest BCUT2D eigenvalue weighted by Crippen LogP contribution is 2.29. The molecule has 1 aliphatic rings. The number of carbonyl (C=O) groups is 2. The highest BCUT2D eigenvalue weighted by atomic mass is 35.5. The molecule has 0 radical (unpaired) electrons. The lowest BCUT2D eigenvalue weighted by Crippen LogP contribution is -2.35. The Morgan fingerprint density at radius 2 is 1.75 bits per heavy atom. The molecule has 1 fully saturated rings. The lowest BCUT2D eigenvalue weighted by Gasteiger charge is -2.15. The summed E-state index contributed by atoms with van der Waals surface area (Å²) in [6, 6.07) is 12.4. The van der Waals surface area contributed by atoms with Gasteiger partial charge in [-0.1, -0.05) is 54.4 Å². The summed E-state index contributed by atoms with van der Waals surface area (Å²) in [5, 5.41) is 1.85. The van der Waals surface area contributed by atoms with Gasteiger partial charge in [0.2, 0.25) is 0 Å². The molecule has 1 saturated heterocycles. The Hall–Kier alpha value is -2.30. The first-order valence-corrected chi connectivity index (χ1v) is 8.16. The number of nitrogens with one attached hydrogen (secondary N) is 1. The Balaban J connectivity index is 1.90. The Labute approximate surface area is 149 Å². The number of amides is 2. The molecule has 0 aliphatic carbocycles. The Bertz CT molecular complexity index is 845. The molecule has 0 saturated carbocycles. The monoisotopic (exact) mass is 360 g/mol. The van der Waals surface area contributed by atoms with Gasteiger partial charge in [-0.05, 0) is 41.8 Å². The number of halogens is 2. The normalized spacial score (nSPS) is 16.0. The van der Waals surface area contributed by atoms with Crippen LogP contribution in [-0.2, 0) is 16.0 Å². The van der Waals surface area contributed by atoms with E-state index in [0.29, 0.717) is 15.7 Å². The van der Waals surface area contributed by atoms with Crippen LogP contribution in [0.3, 0.4) is 0 Å². The van der Waals surface area contributed by atoms with Crippen molar-refractivity contribution in [1.29, 1.82) is 0 Å². The maximum absolute atomic E-state index is 12.5. The second-order valence-electron chi connectivity index (χ2n) is 5.33. The van der Waals surface area contributed by atoms with Gasteiger partial charge in [0.1, 0.15) is 5.57 Å². The maximum Gasteiger partial charge on any atom is 0.282 e. The van der Waals surface area contributed by atoms with Gasteiger partial charge >= 0.3 is 0 Å². The van der Waals surface area contributed by atoms with E-state index in [1.165, 1.54) is 11.6 Å². The van der Waals surface area contributed by atoms with Gasteiger partial charge in [-0.2, -0.15) is 0 Å². The van der Waals surface area contributed by atoms with E-state index < -0.39 is 11.8 Å². The van der Waals surface area contributed by atoms with Crippen molar-refractivity contribution in [1.82, 2.24) is 5.43 Å². The van der Waals surface area contributed by atoms with Crippen LogP contribution in [0.15, 0.2) is 48.0 Å². The average molecular weight is 361 g/mol. The van der Waals surface area contributed by atoms with Crippen molar-refractivity contribution in [3.8, 4) is 0 Å². The molecule has 1 aliphatic heterocycles. The van der Waals surface area contributed by atoms with Crippen LogP contribution >= 0.6 is 23.2 Å². The Kier molecular flexibility index (Phi) is 4.60. The lowest BCUT2D eigenvalue weighted by atomic mass is 10.1. The van der Waals surface area contributed by atoms with Crippen molar-refractivity contribution in [3.05, 3.63) is 69.2 Å². The summed E-state index contributed by atoms with van der Waals surface area (Å²) in [5.41, 5.74) is 5.04. The van der Waals surface area contributed by atoms with Gasteiger partial charge in [0.15, 0.2) is 0 Å². The molecule has 122 valence electrons. The largest absolute Gasteiger partial charge is 0.282 e. The molecule has 3 rings (SSSR count). The molecule has 4 nitrogen and oxygen atoms in total. The standard InChI is InChI=1S/C18H14Cl2N2O2/c1-2-11-3-5-12(6-4-11)9-14-17(23)21-22(18(14)24)13-7-8-15(19)16(20)10-13/h3-10H,2H2,1H3,(H,21,23). The Morgan fingerprint density at radius 1 is 1.04 bits per heavy atom. The summed E-state index contributed by atoms with van der Waals surface area (Å²) in [4.78, 5) is 24.7. The number of benzene rings is 2. The van der Waals surface area contributed by atoms with E-state index in [0.717, 1.165) is 17.0 Å². The minimum absolute atomic E-state index is 0.0744. The number of hydrogen-bond donors (Lipinski definition) is 1. The van der Waals surface area contributed by atoms with Crippen LogP contribution in [0, 0.1) is 0 Å². The molecule has 0 aromatic heterocycles. The van der Waals surface area contributed by atoms with Gasteiger partial charge in [-0.3, -0.25) is 15.0 Å². The van der Waals surface area contributed by atoms with Gasteiger partial charge in [0.25, 0.3) is 11.8 Å². The van der Waals surface area contributed by atoms with Crippen molar-refractivity contribution >= 4 is 46.8 Å². The topological polar surface area (TPSA) is 49.4 Å². The quantitative estimate of drug-likeness (QED) is 0.663. The molecule has 1 heterocycles. The van der Waals surface area contributed by atoms with Crippen molar-refractivity contribution in [3.63, 3.8) is 0 Å². The summed E-state index contributed by atoms with van der Waals surface area (Å²) in [5.74, 6) is -0.886. The highest BCUT2D eigenvalue weighted by molar-refractivity contribution is 6.42. The highest BCUT2D eigenvalue weighted by Gasteiger charge is 2.34. The molecule has 24 heavy (non-hydrogen) atoms. The first-order chi connectivity index (χ1) is 11.5. The number of aryl methyl sites for hydroxylation is 1. The lowest BCUT2D eigenvalue weighted by molar-refractivity contribution is -0.117. The fraction of sp³-hybridized carbons (Fsp3) is 0.111. The molecule has 0 spiro atoms. The van der Waals surface area contributed by atoms with E-state index in [1.54, 1.807) is 18.2 Å². The van der Waals surface area contributed by atoms with Crippen LogP contribution in [0.25, 0.3) is 6.08 Å². The Morgan fingerprint density at radius 3 is 2.38 bits per heavy atom. The smallest absolute Gasteiger partial charge is 0.267 e. The number of nitrogens with zero attached hydrogens (tertiary/aromatic N) is 1. The molecule has 6 heteroatoms. The average Bonchev–Trinajstić information content (AvgIpc) is 2.86. The molecule has 2 amide bonds. The van der Waals surface area contributed by atoms with Crippen LogP contribution < -0.4 is 10.4 Å². The third-order valence-electron chi connectivity index (χ3n) is 3.75. The zero-order valence-electron chi connectivity index (χ0n) is 12.8. The molecule has 1 N–H and O–H groups in total. The number of anilines is 1. The predicted molar refractivity (Wildman–Crippen MR) is 95.9 cm³/mol. The van der Waals surface area contributed by atoms with Crippen LogP contribution in [0.4, 0.5) is 5.69 Å². The molecule has 0 unspecified atom stereocenters. The molecule has 2 aromatic rings. The zero-order valence-corrected chi connectivity index (χ0v) is 14.4. The summed E-state index contributed by atoms with van der Waals surface area (Å²) in [6.07, 6.45) is 2.51. The van der Waals surface area contributed by atoms with E-state index in [1.807, 2.05) is 24.3 Å². The third-order valence-corrected chi connectivity index (χ3v) is 4.49. The molecule has 0 atom stereocenters. The summed E-state index contributed by atoms with van der Waals surface area (Å²) < 4.78 is 0. The SMILES string of the molecule is CCc1ccc(C=C2C(=O)NN(c3ccc(Cl)c(Cl)c3)C2=O)cc1. The first kappa shape index (κ1) is 16.6. The summed E-state index contributed by atoms with van der Waals surface area (Å²) in [7, 11) is 0. The van der Waals surface area contributed by atoms with Crippen molar-refractivity contribution in [2.45, 2.75) is 13.3 Å². The molecular formula is C18H14Cl2N2O2. The third kappa shape index (κ3) is 3.16. The minimum Gasteiger partial charge on any atom is -0.267 e. The van der Waals surface area contributed by atoms with E-state index in [9.17, 15) is 9.59 Å². The molecule has 2 aromatic carbocycles. The number of hydrogen-bond acceptors (Lipinski definition) is 2. The van der Waals surface area contributed by atoms with Crippen molar-refractivity contribution in [2.75, 3.05) is 5.01 Å². The van der Waals surface area contributed by atoms with Gasteiger partial charge in [-0.25, -0.2) is 5.01 Å². The summed E-state index contributed by atoms with van der Waals surface area (Å²) in [6.45, 7) is 2.07. The van der Waals surface area contributed by atoms with E-state index in [2.05, 4.69) is 12.3 Å². The van der Waals surface area contributed by atoms with E-state index >= 15 is 0 Å². The number of carbonyl (C=O) groups excluding carboxylic acids is 2. The van der Waals surface area contributed by atoms with Crippen molar-refractivity contribution in [2.24, 2.45) is 0 Å². The first-order valence-electron chi connectivity index (χ1n) is 7.40. The van der Waals surface area contributed by atoms with E-state index in [4.69, 9.17) is 23.2 Å². The molecule has 0 bridgehead atoms. The van der Waals surface area contributed by atoms with Gasteiger partial charge in [-0.15, -0.1) is 0 Å². The second kappa shape index (κ2) is 6.67. The van der Waals surface area contributed by atoms with E-state index in [-0.39, 0.29) is 5.57 Å². The number of hydrazine groups is 1. The fourth-order valence-corrected chi connectivity index (χ4v) is 2.67. The van der Waals surface area contributed by atoms with Gasteiger partial charge in [0.05, 0.1) is 15.7 Å². The van der Waals surface area contributed by atoms with Crippen molar-refractivity contribution < 1.29 is 9.59 Å². The second-order valence-corrected chi connectivity index (χ2v) is 6.15. The van der Waals surface area contributed by atoms with Gasteiger partial charge in [0, 0.05) is 0 Å². The zero-order chi connectivity index (χ0) is 17.3. The predicted octanol–water partition coefficient (Wildman–Crippen LogP) is 4.02. The molecular weight excluding hydrogens is 347 g/mol. The fourth-order valence-electron chi connectivity index (χ4n) is 2.38.